The summed E-state index contributed by atoms with van der Waals surface area (Å²) in [5, 5.41) is 0. The topological polar surface area (TPSA) is 0 Å². The lowest BCUT2D eigenvalue weighted by Gasteiger charge is -1.86. The van der Waals surface area contributed by atoms with Gasteiger partial charge in [-0.3, -0.25) is 0 Å². The normalized spacial score (nSPS) is 10.0. The molecule has 2 heterocycles. The summed E-state index contributed by atoms with van der Waals surface area (Å²) in [6, 6.07) is 4.39. The number of hydrogen-bond donors (Lipinski definition) is 0. The van der Waals surface area contributed by atoms with Gasteiger partial charge in [0.1, 0.15) is 0 Å². The van der Waals surface area contributed by atoms with Gasteiger partial charge in [-0.1, -0.05) is 0 Å². The van der Waals surface area contributed by atoms with E-state index >= 15 is 0 Å². The first-order valence-corrected chi connectivity index (χ1v) is 6.85. The van der Waals surface area contributed by atoms with Crippen LogP contribution < -0.4 is 0 Å². The summed E-state index contributed by atoms with van der Waals surface area (Å²) in [7, 11) is 0. The summed E-state index contributed by atoms with van der Waals surface area (Å²) in [6.07, 6.45) is 0. The predicted molar refractivity (Wildman–Crippen MR) is 73.6 cm³/mol. The van der Waals surface area contributed by atoms with Gasteiger partial charge in [0, 0.05) is 9.75 Å². The van der Waals surface area contributed by atoms with E-state index in [4.69, 9.17) is 0 Å². The van der Waals surface area contributed by atoms with Crippen molar-refractivity contribution in [2.24, 2.45) is 0 Å². The van der Waals surface area contributed by atoms with Gasteiger partial charge in [-0.15, -0.1) is 22.7 Å². The fraction of sp³-hybridized carbons (Fsp3) is 0.286. The Morgan fingerprint density at radius 3 is 1.38 bits per heavy atom. The first-order valence-electron chi connectivity index (χ1n) is 5.22. The Hall–Kier alpha value is -1.04. The van der Waals surface area contributed by atoms with Crippen LogP contribution in [0.2, 0.25) is 0 Å². The van der Waals surface area contributed by atoms with Crippen molar-refractivity contribution < 1.29 is 0 Å². The molecular weight excluding hydrogens is 232 g/mol. The highest BCUT2D eigenvalue weighted by molar-refractivity contribution is 7.13. The summed E-state index contributed by atoms with van der Waals surface area (Å²) >= 11 is 3.55. The molecular formula is C14H14S2. The van der Waals surface area contributed by atoms with Gasteiger partial charge in [-0.25, -0.2) is 0 Å². The Kier molecular flexibility index (Phi) is 3.18. The SMILES string of the molecule is Cc1cc(C)c(C#Cc2sc(C)cc2C)s1. The summed E-state index contributed by atoms with van der Waals surface area (Å²) in [4.78, 5) is 5.06. The molecule has 16 heavy (non-hydrogen) atoms. The van der Waals surface area contributed by atoms with Crippen molar-refractivity contribution in [1.29, 1.82) is 0 Å². The molecule has 0 unspecified atom stereocenters. The molecule has 0 aliphatic rings. The number of thiophene rings is 2. The highest BCUT2D eigenvalue weighted by Crippen LogP contribution is 2.22. The highest BCUT2D eigenvalue weighted by Gasteiger charge is 2.01. The lowest BCUT2D eigenvalue weighted by molar-refractivity contribution is 1.48. The molecule has 82 valence electrons. The third-order valence-corrected chi connectivity index (χ3v) is 4.51. The Balaban J connectivity index is 2.35. The summed E-state index contributed by atoms with van der Waals surface area (Å²) in [5.41, 5.74) is 2.59. The van der Waals surface area contributed by atoms with Gasteiger partial charge in [-0.05, 0) is 62.8 Å². The quantitative estimate of drug-likeness (QED) is 0.603. The van der Waals surface area contributed by atoms with Crippen molar-refractivity contribution in [2.75, 3.05) is 0 Å². The van der Waals surface area contributed by atoms with E-state index in [2.05, 4.69) is 51.7 Å². The Bertz CT molecular complexity index is 523. The van der Waals surface area contributed by atoms with Gasteiger partial charge in [0.15, 0.2) is 0 Å². The van der Waals surface area contributed by atoms with Crippen molar-refractivity contribution in [3.05, 3.63) is 42.8 Å². The largest absolute Gasteiger partial charge is 0.132 e. The van der Waals surface area contributed by atoms with Gasteiger partial charge in [-0.2, -0.15) is 0 Å². The minimum Gasteiger partial charge on any atom is -0.132 e. The zero-order valence-corrected chi connectivity index (χ0v) is 11.6. The van der Waals surface area contributed by atoms with Crippen LogP contribution in [0.15, 0.2) is 12.1 Å². The second kappa shape index (κ2) is 4.45. The first-order chi connectivity index (χ1) is 7.56. The molecule has 0 fully saturated rings. The Labute approximate surface area is 105 Å². The van der Waals surface area contributed by atoms with E-state index in [1.807, 2.05) is 0 Å². The van der Waals surface area contributed by atoms with Crippen molar-refractivity contribution in [3.63, 3.8) is 0 Å². The zero-order chi connectivity index (χ0) is 11.7. The monoisotopic (exact) mass is 246 g/mol. The van der Waals surface area contributed by atoms with E-state index in [-0.39, 0.29) is 0 Å². The van der Waals surface area contributed by atoms with Crippen LogP contribution in [0, 0.1) is 39.5 Å². The molecule has 0 saturated carbocycles. The third kappa shape index (κ3) is 2.37. The molecule has 0 aliphatic heterocycles. The maximum Gasteiger partial charge on any atom is 0.0804 e. The Morgan fingerprint density at radius 2 is 1.12 bits per heavy atom. The molecule has 0 nitrogen and oxygen atoms in total. The number of aryl methyl sites for hydroxylation is 4. The molecule has 0 spiro atoms. The van der Waals surface area contributed by atoms with Crippen molar-refractivity contribution in [1.82, 2.24) is 0 Å². The summed E-state index contributed by atoms with van der Waals surface area (Å²) in [5.74, 6) is 6.57. The molecule has 0 N–H and O–H groups in total. The van der Waals surface area contributed by atoms with Crippen LogP contribution in [0.4, 0.5) is 0 Å². The lowest BCUT2D eigenvalue weighted by Crippen LogP contribution is -1.72. The molecule has 0 aromatic carbocycles. The lowest BCUT2D eigenvalue weighted by atomic mass is 10.2. The van der Waals surface area contributed by atoms with Gasteiger partial charge < -0.3 is 0 Å². The van der Waals surface area contributed by atoms with E-state index in [0.29, 0.717) is 0 Å². The molecule has 0 radical (unpaired) electrons. The van der Waals surface area contributed by atoms with E-state index < -0.39 is 0 Å². The van der Waals surface area contributed by atoms with E-state index in [1.165, 1.54) is 30.6 Å². The smallest absolute Gasteiger partial charge is 0.0804 e. The van der Waals surface area contributed by atoms with E-state index in [9.17, 15) is 0 Å². The van der Waals surface area contributed by atoms with Gasteiger partial charge in [0.05, 0.1) is 9.75 Å². The van der Waals surface area contributed by atoms with Crippen LogP contribution in [0.3, 0.4) is 0 Å². The van der Waals surface area contributed by atoms with E-state index in [1.54, 1.807) is 22.7 Å². The molecule has 0 saturated heterocycles. The molecule has 0 atom stereocenters. The van der Waals surface area contributed by atoms with Crippen LogP contribution in [0.5, 0.6) is 0 Å². The van der Waals surface area contributed by atoms with Crippen molar-refractivity contribution >= 4 is 22.7 Å². The summed E-state index contributed by atoms with van der Waals surface area (Å²) < 4.78 is 0. The van der Waals surface area contributed by atoms with E-state index in [0.717, 1.165) is 0 Å². The Morgan fingerprint density at radius 1 is 0.750 bits per heavy atom. The van der Waals surface area contributed by atoms with Gasteiger partial charge >= 0.3 is 0 Å². The predicted octanol–water partition coefficient (Wildman–Crippen LogP) is 4.44. The molecule has 2 aromatic heterocycles. The fourth-order valence-electron chi connectivity index (χ4n) is 1.64. The molecule has 0 bridgehead atoms. The van der Waals surface area contributed by atoms with Crippen LogP contribution in [-0.2, 0) is 0 Å². The molecule has 2 rings (SSSR count). The van der Waals surface area contributed by atoms with Gasteiger partial charge in [0.2, 0.25) is 0 Å². The summed E-state index contributed by atoms with van der Waals surface area (Å²) in [6.45, 7) is 8.51. The molecule has 2 heteroatoms. The average molecular weight is 246 g/mol. The molecule has 2 aromatic rings. The highest BCUT2D eigenvalue weighted by atomic mass is 32.1. The standard InChI is InChI=1S/C14H14S2/c1-9-7-11(3)15-13(9)5-6-14-10(2)8-12(4)16-14/h7-8H,1-4H3. The van der Waals surface area contributed by atoms with Crippen LogP contribution in [0.25, 0.3) is 0 Å². The fourth-order valence-corrected chi connectivity index (χ4v) is 3.40. The average Bonchev–Trinajstić information content (AvgIpc) is 2.66. The van der Waals surface area contributed by atoms with Crippen LogP contribution in [-0.4, -0.2) is 0 Å². The minimum atomic E-state index is 1.20. The van der Waals surface area contributed by atoms with Gasteiger partial charge in [0.25, 0.3) is 0 Å². The molecule has 0 aliphatic carbocycles. The maximum atomic E-state index is 3.28. The van der Waals surface area contributed by atoms with Crippen LogP contribution in [0.1, 0.15) is 30.6 Å². The number of rotatable bonds is 0. The van der Waals surface area contributed by atoms with Crippen LogP contribution >= 0.6 is 22.7 Å². The zero-order valence-electron chi connectivity index (χ0n) is 9.97. The maximum absolute atomic E-state index is 3.28. The van der Waals surface area contributed by atoms with Crippen molar-refractivity contribution in [3.8, 4) is 11.8 Å². The first kappa shape index (κ1) is 11.4. The minimum absolute atomic E-state index is 1.20. The van der Waals surface area contributed by atoms with Crippen molar-refractivity contribution in [2.45, 2.75) is 27.7 Å². The molecule has 0 amide bonds. The third-order valence-electron chi connectivity index (χ3n) is 2.37. The second-order valence-electron chi connectivity index (χ2n) is 3.99. The second-order valence-corrected chi connectivity index (χ2v) is 6.50. The number of hydrogen-bond acceptors (Lipinski definition) is 2.